The van der Waals surface area contributed by atoms with Crippen LogP contribution in [0.15, 0.2) is 12.2 Å². The average molecular weight is 947 g/mol. The van der Waals surface area contributed by atoms with Crippen molar-refractivity contribution in [2.24, 2.45) is 0 Å². The lowest BCUT2D eigenvalue weighted by molar-refractivity contribution is -0.143. The lowest BCUT2D eigenvalue weighted by Gasteiger charge is -2.22. The van der Waals surface area contributed by atoms with E-state index in [-0.39, 0.29) is 18.5 Å². The maximum Gasteiger partial charge on any atom is 0.305 e. The topological polar surface area (TPSA) is 95.9 Å². The first kappa shape index (κ1) is 65.6. The molecule has 3 N–H and O–H groups in total. The number of carbonyl (C=O) groups is 2. The Bertz CT molecular complexity index is 1000. The van der Waals surface area contributed by atoms with Crippen LogP contribution >= 0.6 is 0 Å². The van der Waals surface area contributed by atoms with E-state index in [2.05, 4.69) is 31.3 Å². The molecule has 2 atom stereocenters. The summed E-state index contributed by atoms with van der Waals surface area (Å²) in [5, 5.41) is 23.2. The standard InChI is InChI=1S/C61H119NO5/c1-3-5-7-9-11-13-34-39-43-47-51-55-61(66)67-56-52-48-44-40-36-33-31-29-27-25-23-21-19-17-15-16-18-20-22-24-26-28-30-32-35-38-42-46-50-54-60(65)62-58(57-63)59(64)53-49-45-41-37-14-12-10-8-6-4-2/h15,17,58-59,63-64H,3-14,16,18-57H2,1-2H3,(H,62,65)/b17-15-. The fourth-order valence-corrected chi connectivity index (χ4v) is 9.64. The van der Waals surface area contributed by atoms with Gasteiger partial charge in [0, 0.05) is 12.8 Å². The summed E-state index contributed by atoms with van der Waals surface area (Å²) in [5.41, 5.74) is 0. The zero-order valence-electron chi connectivity index (χ0n) is 45.4. The van der Waals surface area contributed by atoms with Crippen molar-refractivity contribution >= 4 is 11.9 Å². The molecule has 0 saturated carbocycles. The molecule has 0 aromatic carbocycles. The summed E-state index contributed by atoms with van der Waals surface area (Å²) < 4.78 is 5.47. The molecule has 0 aliphatic carbocycles. The van der Waals surface area contributed by atoms with Crippen molar-refractivity contribution in [2.45, 2.75) is 353 Å². The maximum absolute atomic E-state index is 12.4. The summed E-state index contributed by atoms with van der Waals surface area (Å²) in [6.45, 7) is 4.95. The van der Waals surface area contributed by atoms with Crippen LogP contribution in [-0.4, -0.2) is 47.4 Å². The maximum atomic E-state index is 12.4. The largest absolute Gasteiger partial charge is 0.466 e. The summed E-state index contributed by atoms with van der Waals surface area (Å²) in [6.07, 6.45) is 68.1. The van der Waals surface area contributed by atoms with E-state index in [0.717, 1.165) is 38.5 Å². The number of aliphatic hydroxyl groups is 2. The van der Waals surface area contributed by atoms with Crippen molar-refractivity contribution in [3.63, 3.8) is 0 Å². The zero-order chi connectivity index (χ0) is 48.6. The highest BCUT2D eigenvalue weighted by Crippen LogP contribution is 2.18. The monoisotopic (exact) mass is 946 g/mol. The van der Waals surface area contributed by atoms with E-state index in [1.165, 1.54) is 270 Å². The van der Waals surface area contributed by atoms with Crippen molar-refractivity contribution < 1.29 is 24.5 Å². The molecule has 398 valence electrons. The van der Waals surface area contributed by atoms with Crippen LogP contribution in [0.5, 0.6) is 0 Å². The van der Waals surface area contributed by atoms with E-state index in [1.807, 2.05) is 0 Å². The number of rotatable bonds is 57. The third-order valence-electron chi connectivity index (χ3n) is 14.3. The van der Waals surface area contributed by atoms with Gasteiger partial charge in [-0.15, -0.1) is 0 Å². The van der Waals surface area contributed by atoms with E-state index in [0.29, 0.717) is 25.9 Å². The fourth-order valence-electron chi connectivity index (χ4n) is 9.64. The molecule has 2 unspecified atom stereocenters. The van der Waals surface area contributed by atoms with Crippen LogP contribution in [-0.2, 0) is 14.3 Å². The van der Waals surface area contributed by atoms with Crippen molar-refractivity contribution in [2.75, 3.05) is 13.2 Å². The molecule has 6 nitrogen and oxygen atoms in total. The molecule has 0 spiro atoms. The van der Waals surface area contributed by atoms with Crippen LogP contribution in [0.2, 0.25) is 0 Å². The molecule has 0 fully saturated rings. The summed E-state index contributed by atoms with van der Waals surface area (Å²) >= 11 is 0. The van der Waals surface area contributed by atoms with Crippen LogP contribution in [0.4, 0.5) is 0 Å². The molecule has 0 radical (unpaired) electrons. The average Bonchev–Trinajstić information content (AvgIpc) is 3.33. The normalized spacial score (nSPS) is 12.6. The highest BCUT2D eigenvalue weighted by molar-refractivity contribution is 5.76. The van der Waals surface area contributed by atoms with Crippen LogP contribution < -0.4 is 5.32 Å². The van der Waals surface area contributed by atoms with Gasteiger partial charge in [-0.1, -0.05) is 289 Å². The first-order valence-corrected chi connectivity index (χ1v) is 30.4. The zero-order valence-corrected chi connectivity index (χ0v) is 45.4. The summed E-state index contributed by atoms with van der Waals surface area (Å²) in [7, 11) is 0. The van der Waals surface area contributed by atoms with Gasteiger partial charge in [-0.2, -0.15) is 0 Å². The smallest absolute Gasteiger partial charge is 0.305 e. The van der Waals surface area contributed by atoms with Gasteiger partial charge in [0.1, 0.15) is 0 Å². The van der Waals surface area contributed by atoms with Gasteiger partial charge in [0.05, 0.1) is 25.4 Å². The van der Waals surface area contributed by atoms with Gasteiger partial charge in [-0.3, -0.25) is 9.59 Å². The van der Waals surface area contributed by atoms with Crippen molar-refractivity contribution in [1.82, 2.24) is 5.32 Å². The van der Waals surface area contributed by atoms with Crippen molar-refractivity contribution in [3.05, 3.63) is 12.2 Å². The first-order chi connectivity index (χ1) is 33.0. The molecular formula is C61H119NO5. The summed E-state index contributed by atoms with van der Waals surface area (Å²) in [4.78, 5) is 24.4. The second-order valence-corrected chi connectivity index (χ2v) is 21.0. The van der Waals surface area contributed by atoms with E-state index >= 15 is 0 Å². The number of allylic oxidation sites excluding steroid dienone is 2. The van der Waals surface area contributed by atoms with E-state index in [1.54, 1.807) is 0 Å². The van der Waals surface area contributed by atoms with Gasteiger partial charge in [0.2, 0.25) is 5.91 Å². The van der Waals surface area contributed by atoms with Crippen LogP contribution in [0.3, 0.4) is 0 Å². The summed E-state index contributed by atoms with van der Waals surface area (Å²) in [5.74, 6) is -0.0179. The second kappa shape index (κ2) is 57.2. The number of hydrogen-bond acceptors (Lipinski definition) is 5. The number of nitrogens with one attached hydrogen (secondary N) is 1. The van der Waals surface area contributed by atoms with Gasteiger partial charge in [-0.05, 0) is 51.4 Å². The quantitative estimate of drug-likeness (QED) is 0.0321. The molecule has 0 aromatic rings. The van der Waals surface area contributed by atoms with Gasteiger partial charge in [-0.25, -0.2) is 0 Å². The van der Waals surface area contributed by atoms with E-state index in [9.17, 15) is 19.8 Å². The lowest BCUT2D eigenvalue weighted by atomic mass is 10.0. The van der Waals surface area contributed by atoms with Crippen LogP contribution in [0.1, 0.15) is 341 Å². The Morgan fingerprint density at radius 1 is 0.403 bits per heavy atom. The molecule has 6 heteroatoms. The Morgan fingerprint density at radius 2 is 0.701 bits per heavy atom. The van der Waals surface area contributed by atoms with Gasteiger partial charge in [0.25, 0.3) is 0 Å². The van der Waals surface area contributed by atoms with Crippen molar-refractivity contribution in [1.29, 1.82) is 0 Å². The van der Waals surface area contributed by atoms with Crippen LogP contribution in [0, 0.1) is 0 Å². The summed E-state index contributed by atoms with van der Waals surface area (Å²) in [6, 6.07) is -0.538. The van der Waals surface area contributed by atoms with Gasteiger partial charge in [0.15, 0.2) is 0 Å². The number of carbonyl (C=O) groups excluding carboxylic acids is 2. The predicted molar refractivity (Wildman–Crippen MR) is 292 cm³/mol. The fraction of sp³-hybridized carbons (Fsp3) is 0.934. The minimum Gasteiger partial charge on any atom is -0.466 e. The number of ether oxygens (including phenoxy) is 1. The molecule has 0 aliphatic heterocycles. The molecule has 0 heterocycles. The number of esters is 1. The highest BCUT2D eigenvalue weighted by Gasteiger charge is 2.20. The number of amides is 1. The molecule has 1 amide bonds. The Labute approximate surface area is 419 Å². The van der Waals surface area contributed by atoms with Gasteiger partial charge >= 0.3 is 5.97 Å². The molecule has 0 rings (SSSR count). The Balaban J connectivity index is 3.34. The number of unbranched alkanes of at least 4 members (excludes halogenated alkanes) is 44. The SMILES string of the molecule is CCCCCCCCCCCCCC(=O)OCCCCCCCCCCCCCC/C=C\CCCCCCCCCCCCCCCC(=O)NC(CO)C(O)CCCCCCCCCCCC. The third-order valence-corrected chi connectivity index (χ3v) is 14.3. The number of aliphatic hydroxyl groups excluding tert-OH is 2. The molecule has 0 aromatic heterocycles. The van der Waals surface area contributed by atoms with Crippen LogP contribution in [0.25, 0.3) is 0 Å². The minimum absolute atomic E-state index is 0.0165. The molecule has 0 bridgehead atoms. The Hall–Kier alpha value is -1.40. The molecular weight excluding hydrogens is 827 g/mol. The Kier molecular flexibility index (Phi) is 56.0. The first-order valence-electron chi connectivity index (χ1n) is 30.4. The highest BCUT2D eigenvalue weighted by atomic mass is 16.5. The molecule has 0 saturated heterocycles. The minimum atomic E-state index is -0.661. The number of hydrogen-bond donors (Lipinski definition) is 3. The third kappa shape index (κ3) is 53.8. The second-order valence-electron chi connectivity index (χ2n) is 21.0. The van der Waals surface area contributed by atoms with E-state index in [4.69, 9.17) is 4.74 Å². The van der Waals surface area contributed by atoms with E-state index < -0.39 is 12.1 Å². The van der Waals surface area contributed by atoms with Gasteiger partial charge < -0.3 is 20.3 Å². The van der Waals surface area contributed by atoms with Crippen molar-refractivity contribution in [3.8, 4) is 0 Å². The predicted octanol–water partition coefficient (Wildman–Crippen LogP) is 18.9. The lowest BCUT2D eigenvalue weighted by Crippen LogP contribution is -2.45. The molecule has 67 heavy (non-hydrogen) atoms. The molecule has 0 aliphatic rings. The Morgan fingerprint density at radius 3 is 1.06 bits per heavy atom.